The quantitative estimate of drug-likeness (QED) is 0.749. The first kappa shape index (κ1) is 18.5. The lowest BCUT2D eigenvalue weighted by Gasteiger charge is -2.21. The van der Waals surface area contributed by atoms with Gasteiger partial charge in [0.05, 0.1) is 12.7 Å². The summed E-state index contributed by atoms with van der Waals surface area (Å²) in [5.41, 5.74) is 2.50. The molecule has 0 bridgehead atoms. The Morgan fingerprint density at radius 3 is 2.32 bits per heavy atom. The number of methoxy groups -OCH3 is 1. The Morgan fingerprint density at radius 1 is 1.04 bits per heavy atom. The number of ether oxygens (including phenoxy) is 1. The van der Waals surface area contributed by atoms with Gasteiger partial charge in [0.1, 0.15) is 0 Å². The third kappa shape index (κ3) is 5.64. The van der Waals surface area contributed by atoms with Crippen molar-refractivity contribution >= 4 is 17.6 Å². The van der Waals surface area contributed by atoms with Crippen LogP contribution in [0.1, 0.15) is 29.3 Å². The highest BCUT2D eigenvalue weighted by atomic mass is 16.5. The third-order valence-corrected chi connectivity index (χ3v) is 3.92. The SMILES string of the molecule is CCN(Cc1ccccc1)C(=O)CCNc1ccc(C(=O)OC)cc1. The summed E-state index contributed by atoms with van der Waals surface area (Å²) in [6, 6.07) is 17.0. The zero-order chi connectivity index (χ0) is 18.1. The largest absolute Gasteiger partial charge is 0.465 e. The molecule has 0 spiro atoms. The van der Waals surface area contributed by atoms with Crippen molar-refractivity contribution in [2.75, 3.05) is 25.5 Å². The van der Waals surface area contributed by atoms with Gasteiger partial charge in [-0.25, -0.2) is 4.79 Å². The molecule has 2 rings (SSSR count). The molecule has 0 atom stereocenters. The van der Waals surface area contributed by atoms with Crippen molar-refractivity contribution in [3.8, 4) is 0 Å². The zero-order valence-electron chi connectivity index (χ0n) is 14.7. The molecule has 0 unspecified atom stereocenters. The van der Waals surface area contributed by atoms with Crippen LogP contribution in [0, 0.1) is 0 Å². The average Bonchev–Trinajstić information content (AvgIpc) is 2.66. The van der Waals surface area contributed by atoms with Crippen LogP contribution in [0.15, 0.2) is 54.6 Å². The van der Waals surface area contributed by atoms with E-state index in [0.29, 0.717) is 31.6 Å². The van der Waals surface area contributed by atoms with Gasteiger partial charge in [-0.2, -0.15) is 0 Å². The molecule has 0 aliphatic rings. The number of nitrogens with zero attached hydrogens (tertiary/aromatic N) is 1. The second kappa shape index (κ2) is 9.47. The molecule has 0 aliphatic heterocycles. The van der Waals surface area contributed by atoms with Gasteiger partial charge in [0.15, 0.2) is 0 Å². The van der Waals surface area contributed by atoms with E-state index < -0.39 is 0 Å². The van der Waals surface area contributed by atoms with Crippen LogP contribution in [0.2, 0.25) is 0 Å². The second-order valence-corrected chi connectivity index (χ2v) is 5.64. The Morgan fingerprint density at radius 2 is 1.72 bits per heavy atom. The fourth-order valence-corrected chi connectivity index (χ4v) is 2.49. The van der Waals surface area contributed by atoms with Crippen molar-refractivity contribution in [2.45, 2.75) is 19.9 Å². The van der Waals surface area contributed by atoms with E-state index >= 15 is 0 Å². The topological polar surface area (TPSA) is 58.6 Å². The number of amides is 1. The predicted molar refractivity (Wildman–Crippen MR) is 98.4 cm³/mol. The van der Waals surface area contributed by atoms with Crippen molar-refractivity contribution in [3.63, 3.8) is 0 Å². The summed E-state index contributed by atoms with van der Waals surface area (Å²) in [6.45, 7) is 3.84. The minimum Gasteiger partial charge on any atom is -0.465 e. The number of carbonyl (C=O) groups is 2. The highest BCUT2D eigenvalue weighted by Crippen LogP contribution is 2.11. The van der Waals surface area contributed by atoms with Crippen molar-refractivity contribution in [1.29, 1.82) is 0 Å². The number of rotatable bonds is 8. The number of hydrogen-bond acceptors (Lipinski definition) is 4. The fraction of sp³-hybridized carbons (Fsp3) is 0.300. The number of benzene rings is 2. The van der Waals surface area contributed by atoms with E-state index in [1.165, 1.54) is 7.11 Å². The first-order valence-electron chi connectivity index (χ1n) is 8.38. The molecule has 0 aromatic heterocycles. The van der Waals surface area contributed by atoms with E-state index in [4.69, 9.17) is 0 Å². The summed E-state index contributed by atoms with van der Waals surface area (Å²) in [6.07, 6.45) is 0.416. The van der Waals surface area contributed by atoms with Gasteiger partial charge in [0, 0.05) is 31.7 Å². The lowest BCUT2D eigenvalue weighted by molar-refractivity contribution is -0.131. The minimum atomic E-state index is -0.360. The van der Waals surface area contributed by atoms with E-state index in [1.807, 2.05) is 42.2 Å². The number of hydrogen-bond donors (Lipinski definition) is 1. The van der Waals surface area contributed by atoms with Crippen molar-refractivity contribution in [1.82, 2.24) is 4.90 Å². The van der Waals surface area contributed by atoms with Gasteiger partial charge in [0.2, 0.25) is 5.91 Å². The van der Waals surface area contributed by atoms with Crippen LogP contribution in [-0.2, 0) is 16.1 Å². The summed E-state index contributed by atoms with van der Waals surface area (Å²) in [5.74, 6) is -0.244. The molecular formula is C20H24N2O3. The van der Waals surface area contributed by atoms with Crippen molar-refractivity contribution < 1.29 is 14.3 Å². The Kier molecular flexibility index (Phi) is 7.01. The van der Waals surface area contributed by atoms with Crippen LogP contribution in [0.5, 0.6) is 0 Å². The molecule has 2 aromatic carbocycles. The normalized spacial score (nSPS) is 10.2. The van der Waals surface area contributed by atoms with E-state index in [0.717, 1.165) is 11.3 Å². The minimum absolute atomic E-state index is 0.116. The van der Waals surface area contributed by atoms with Crippen LogP contribution in [0.4, 0.5) is 5.69 Å². The number of carbonyl (C=O) groups excluding carboxylic acids is 2. The first-order chi connectivity index (χ1) is 12.1. The standard InChI is InChI=1S/C20H24N2O3/c1-3-22(15-16-7-5-4-6-8-16)19(23)13-14-21-18-11-9-17(10-12-18)20(24)25-2/h4-12,21H,3,13-15H2,1-2H3. The Bertz CT molecular complexity index is 684. The molecule has 2 aromatic rings. The molecule has 25 heavy (non-hydrogen) atoms. The Balaban J connectivity index is 1.81. The van der Waals surface area contributed by atoms with E-state index in [1.54, 1.807) is 24.3 Å². The molecule has 0 heterocycles. The van der Waals surface area contributed by atoms with Gasteiger partial charge in [-0.1, -0.05) is 30.3 Å². The molecule has 0 saturated carbocycles. The molecule has 1 amide bonds. The number of nitrogens with one attached hydrogen (secondary N) is 1. The molecule has 0 fully saturated rings. The molecule has 0 aliphatic carbocycles. The van der Waals surface area contributed by atoms with Gasteiger partial charge in [0.25, 0.3) is 0 Å². The van der Waals surface area contributed by atoms with Gasteiger partial charge < -0.3 is 15.0 Å². The summed E-state index contributed by atoms with van der Waals surface area (Å²) in [5, 5.41) is 3.20. The van der Waals surface area contributed by atoms with Crippen molar-refractivity contribution in [2.24, 2.45) is 0 Å². The lowest BCUT2D eigenvalue weighted by Crippen LogP contribution is -2.31. The van der Waals surface area contributed by atoms with Gasteiger partial charge >= 0.3 is 5.97 Å². The number of esters is 1. The maximum Gasteiger partial charge on any atom is 0.337 e. The monoisotopic (exact) mass is 340 g/mol. The smallest absolute Gasteiger partial charge is 0.337 e. The zero-order valence-corrected chi connectivity index (χ0v) is 14.7. The van der Waals surface area contributed by atoms with E-state index in [9.17, 15) is 9.59 Å². The lowest BCUT2D eigenvalue weighted by atomic mass is 10.2. The predicted octanol–water partition coefficient (Wildman–Crippen LogP) is 3.32. The number of anilines is 1. The molecule has 5 nitrogen and oxygen atoms in total. The fourth-order valence-electron chi connectivity index (χ4n) is 2.49. The molecule has 5 heteroatoms. The third-order valence-electron chi connectivity index (χ3n) is 3.92. The van der Waals surface area contributed by atoms with Crippen molar-refractivity contribution in [3.05, 3.63) is 65.7 Å². The Labute approximate surface area is 148 Å². The summed E-state index contributed by atoms with van der Waals surface area (Å²) >= 11 is 0. The summed E-state index contributed by atoms with van der Waals surface area (Å²) < 4.78 is 4.67. The van der Waals surface area contributed by atoms with Crippen LogP contribution in [0.25, 0.3) is 0 Å². The van der Waals surface area contributed by atoms with Crippen LogP contribution in [0.3, 0.4) is 0 Å². The average molecular weight is 340 g/mol. The van der Waals surface area contributed by atoms with Gasteiger partial charge in [-0.05, 0) is 36.8 Å². The maximum atomic E-state index is 12.4. The molecule has 1 N–H and O–H groups in total. The first-order valence-corrected chi connectivity index (χ1v) is 8.38. The van der Waals surface area contributed by atoms with E-state index in [-0.39, 0.29) is 11.9 Å². The highest BCUT2D eigenvalue weighted by molar-refractivity contribution is 5.89. The molecular weight excluding hydrogens is 316 g/mol. The Hall–Kier alpha value is -2.82. The summed E-state index contributed by atoms with van der Waals surface area (Å²) in [4.78, 5) is 25.6. The van der Waals surface area contributed by atoms with Crippen LogP contribution < -0.4 is 5.32 Å². The van der Waals surface area contributed by atoms with Crippen LogP contribution in [-0.4, -0.2) is 37.0 Å². The van der Waals surface area contributed by atoms with Gasteiger partial charge in [-0.15, -0.1) is 0 Å². The molecule has 0 radical (unpaired) electrons. The second-order valence-electron chi connectivity index (χ2n) is 5.64. The van der Waals surface area contributed by atoms with E-state index in [2.05, 4.69) is 10.1 Å². The molecule has 132 valence electrons. The van der Waals surface area contributed by atoms with Crippen LogP contribution >= 0.6 is 0 Å². The van der Waals surface area contributed by atoms with Gasteiger partial charge in [-0.3, -0.25) is 4.79 Å². The maximum absolute atomic E-state index is 12.4. The summed E-state index contributed by atoms with van der Waals surface area (Å²) in [7, 11) is 1.36. The molecule has 0 saturated heterocycles. The highest BCUT2D eigenvalue weighted by Gasteiger charge is 2.11.